The lowest BCUT2D eigenvalue weighted by Crippen LogP contribution is -2.31. The molecule has 28 heavy (non-hydrogen) atoms. The molecule has 3 aromatic rings. The Morgan fingerprint density at radius 3 is 2.46 bits per heavy atom. The van der Waals surface area contributed by atoms with Gasteiger partial charge in [0.25, 0.3) is 0 Å². The van der Waals surface area contributed by atoms with Crippen LogP contribution in [0, 0.1) is 0 Å². The zero-order valence-electron chi connectivity index (χ0n) is 16.3. The number of hydrogen-bond donors (Lipinski definition) is 2. The van der Waals surface area contributed by atoms with Crippen molar-refractivity contribution in [1.82, 2.24) is 14.9 Å². The second-order valence-corrected chi connectivity index (χ2v) is 7.41. The molecule has 0 bridgehead atoms. The van der Waals surface area contributed by atoms with Gasteiger partial charge in [0.15, 0.2) is 0 Å². The van der Waals surface area contributed by atoms with Gasteiger partial charge in [-0.25, -0.2) is 9.97 Å². The maximum absolute atomic E-state index is 5.77. The Kier molecular flexibility index (Phi) is 5.12. The number of likely N-dealkylation sites (N-methyl/N-ethyl adjacent to an activating group) is 1. The maximum atomic E-state index is 5.77. The summed E-state index contributed by atoms with van der Waals surface area (Å²) in [7, 11) is 4.30. The van der Waals surface area contributed by atoms with E-state index in [1.807, 2.05) is 30.3 Å². The standard InChI is InChI=1S/C22H26N6/c1-27(2)20-12-14-28(15-20)19-9-7-18(8-10-19)25-22-24-13-11-21(26-22)16-3-5-17(23)6-4-16/h3-11,13,20H,12,14-15,23H2,1-2H3,(H,24,25,26)/t20-/m1/s1. The fourth-order valence-corrected chi connectivity index (χ4v) is 3.52. The van der Waals surface area contributed by atoms with E-state index in [1.165, 1.54) is 12.1 Å². The number of nitrogens with zero attached hydrogens (tertiary/aromatic N) is 4. The van der Waals surface area contributed by atoms with E-state index in [2.05, 4.69) is 63.4 Å². The summed E-state index contributed by atoms with van der Waals surface area (Å²) in [5, 5.41) is 3.30. The predicted octanol–water partition coefficient (Wildman–Crippen LogP) is 3.61. The van der Waals surface area contributed by atoms with Gasteiger partial charge in [0.05, 0.1) is 5.69 Å². The summed E-state index contributed by atoms with van der Waals surface area (Å²) in [5.74, 6) is 0.580. The van der Waals surface area contributed by atoms with Gasteiger partial charge in [0, 0.05) is 48.0 Å². The normalized spacial score (nSPS) is 16.5. The Hall–Kier alpha value is -3.12. The molecule has 1 saturated heterocycles. The largest absolute Gasteiger partial charge is 0.399 e. The highest BCUT2D eigenvalue weighted by molar-refractivity contribution is 5.65. The van der Waals surface area contributed by atoms with Crippen LogP contribution in [0.2, 0.25) is 0 Å². The van der Waals surface area contributed by atoms with Crippen LogP contribution in [0.4, 0.5) is 23.0 Å². The van der Waals surface area contributed by atoms with E-state index in [-0.39, 0.29) is 0 Å². The molecule has 6 heteroatoms. The molecule has 1 fully saturated rings. The van der Waals surface area contributed by atoms with Crippen LogP contribution in [-0.2, 0) is 0 Å². The summed E-state index contributed by atoms with van der Waals surface area (Å²) < 4.78 is 0. The fourth-order valence-electron chi connectivity index (χ4n) is 3.52. The van der Waals surface area contributed by atoms with E-state index in [0.717, 1.165) is 35.7 Å². The highest BCUT2D eigenvalue weighted by atomic mass is 15.2. The molecule has 1 aliphatic rings. The molecule has 1 aliphatic heterocycles. The Labute approximate surface area is 166 Å². The lowest BCUT2D eigenvalue weighted by Gasteiger charge is -2.22. The summed E-state index contributed by atoms with van der Waals surface area (Å²) in [6, 6.07) is 18.7. The van der Waals surface area contributed by atoms with Crippen molar-refractivity contribution >= 4 is 23.0 Å². The molecule has 0 saturated carbocycles. The minimum Gasteiger partial charge on any atom is -0.399 e. The predicted molar refractivity (Wildman–Crippen MR) is 116 cm³/mol. The Morgan fingerprint density at radius 1 is 1.04 bits per heavy atom. The van der Waals surface area contributed by atoms with Crippen molar-refractivity contribution in [1.29, 1.82) is 0 Å². The monoisotopic (exact) mass is 374 g/mol. The van der Waals surface area contributed by atoms with Crippen molar-refractivity contribution in [3.05, 3.63) is 60.8 Å². The first-order valence-electron chi connectivity index (χ1n) is 9.56. The van der Waals surface area contributed by atoms with Crippen molar-refractivity contribution in [2.75, 3.05) is 43.1 Å². The third-order valence-corrected chi connectivity index (χ3v) is 5.24. The van der Waals surface area contributed by atoms with Crippen molar-refractivity contribution in [2.24, 2.45) is 0 Å². The smallest absolute Gasteiger partial charge is 0.227 e. The molecule has 0 unspecified atom stereocenters. The highest BCUT2D eigenvalue weighted by Crippen LogP contribution is 2.25. The fraction of sp³-hybridized carbons (Fsp3) is 0.273. The average Bonchev–Trinajstić information content (AvgIpc) is 3.20. The highest BCUT2D eigenvalue weighted by Gasteiger charge is 2.23. The van der Waals surface area contributed by atoms with E-state index in [0.29, 0.717) is 12.0 Å². The van der Waals surface area contributed by atoms with Crippen molar-refractivity contribution in [3.8, 4) is 11.3 Å². The molecule has 1 atom stereocenters. The molecule has 4 rings (SSSR count). The van der Waals surface area contributed by atoms with E-state index < -0.39 is 0 Å². The van der Waals surface area contributed by atoms with Crippen LogP contribution in [0.15, 0.2) is 60.8 Å². The molecule has 0 spiro atoms. The number of hydrogen-bond acceptors (Lipinski definition) is 6. The zero-order chi connectivity index (χ0) is 19.5. The van der Waals surface area contributed by atoms with Gasteiger partial charge in [-0.15, -0.1) is 0 Å². The molecule has 0 radical (unpaired) electrons. The topological polar surface area (TPSA) is 70.3 Å². The molecule has 0 amide bonds. The van der Waals surface area contributed by atoms with Crippen molar-refractivity contribution in [2.45, 2.75) is 12.5 Å². The van der Waals surface area contributed by atoms with Crippen molar-refractivity contribution < 1.29 is 0 Å². The maximum Gasteiger partial charge on any atom is 0.227 e. The van der Waals surface area contributed by atoms with Crippen molar-refractivity contribution in [3.63, 3.8) is 0 Å². The summed E-state index contributed by atoms with van der Waals surface area (Å²) in [4.78, 5) is 13.7. The van der Waals surface area contributed by atoms with Crippen LogP contribution in [0.25, 0.3) is 11.3 Å². The van der Waals surface area contributed by atoms with E-state index in [1.54, 1.807) is 6.20 Å². The summed E-state index contributed by atoms with van der Waals surface area (Å²) in [6.07, 6.45) is 2.97. The van der Waals surface area contributed by atoms with Gasteiger partial charge in [0.2, 0.25) is 5.95 Å². The molecular weight excluding hydrogens is 348 g/mol. The van der Waals surface area contributed by atoms with Gasteiger partial charge in [0.1, 0.15) is 0 Å². The quantitative estimate of drug-likeness (QED) is 0.665. The molecule has 6 nitrogen and oxygen atoms in total. The van der Waals surface area contributed by atoms with Crippen LogP contribution in [0.5, 0.6) is 0 Å². The second-order valence-electron chi connectivity index (χ2n) is 7.41. The summed E-state index contributed by atoms with van der Waals surface area (Å²) in [6.45, 7) is 2.18. The van der Waals surface area contributed by atoms with Gasteiger partial charge < -0.3 is 20.9 Å². The van der Waals surface area contributed by atoms with E-state index >= 15 is 0 Å². The minimum atomic E-state index is 0.580. The number of nitrogen functional groups attached to an aromatic ring is 1. The molecular formula is C22H26N6. The number of nitrogens with two attached hydrogens (primary N) is 1. The van der Waals surface area contributed by atoms with E-state index in [4.69, 9.17) is 5.73 Å². The van der Waals surface area contributed by atoms with Crippen LogP contribution in [-0.4, -0.2) is 48.1 Å². The lowest BCUT2D eigenvalue weighted by molar-refractivity contribution is 0.315. The van der Waals surface area contributed by atoms with Crippen LogP contribution < -0.4 is 16.0 Å². The number of benzene rings is 2. The van der Waals surface area contributed by atoms with Crippen LogP contribution in [0.3, 0.4) is 0 Å². The van der Waals surface area contributed by atoms with E-state index in [9.17, 15) is 0 Å². The third-order valence-electron chi connectivity index (χ3n) is 5.24. The third kappa shape index (κ3) is 4.07. The molecule has 144 valence electrons. The number of aromatic nitrogens is 2. The summed E-state index contributed by atoms with van der Waals surface area (Å²) >= 11 is 0. The number of anilines is 4. The Balaban J connectivity index is 1.45. The first-order valence-corrected chi connectivity index (χ1v) is 9.56. The molecule has 3 N–H and O–H groups in total. The molecule has 2 heterocycles. The first-order chi connectivity index (χ1) is 13.6. The number of nitrogens with one attached hydrogen (secondary N) is 1. The average molecular weight is 374 g/mol. The van der Waals surface area contributed by atoms with Gasteiger partial charge in [-0.3, -0.25) is 0 Å². The minimum absolute atomic E-state index is 0.580. The van der Waals surface area contributed by atoms with Crippen LogP contribution >= 0.6 is 0 Å². The summed E-state index contributed by atoms with van der Waals surface area (Å²) in [5.41, 5.74) is 10.6. The van der Waals surface area contributed by atoms with Gasteiger partial charge in [-0.1, -0.05) is 12.1 Å². The molecule has 1 aromatic heterocycles. The van der Waals surface area contributed by atoms with Gasteiger partial charge in [-0.2, -0.15) is 0 Å². The Morgan fingerprint density at radius 2 is 1.79 bits per heavy atom. The second kappa shape index (κ2) is 7.86. The first kappa shape index (κ1) is 18.3. The van der Waals surface area contributed by atoms with Gasteiger partial charge >= 0.3 is 0 Å². The van der Waals surface area contributed by atoms with Crippen LogP contribution in [0.1, 0.15) is 6.42 Å². The molecule has 2 aromatic carbocycles. The SMILES string of the molecule is CN(C)[C@@H]1CCN(c2ccc(Nc3nccc(-c4ccc(N)cc4)n3)cc2)C1. The lowest BCUT2D eigenvalue weighted by atomic mass is 10.1. The zero-order valence-corrected chi connectivity index (χ0v) is 16.3. The molecule has 0 aliphatic carbocycles. The number of rotatable bonds is 5. The van der Waals surface area contributed by atoms with Gasteiger partial charge in [-0.05, 0) is 63.0 Å². The Bertz CT molecular complexity index is 921.